The zero-order chi connectivity index (χ0) is 30.6. The fourth-order valence-electron chi connectivity index (χ4n) is 3.59. The highest BCUT2D eigenvalue weighted by Crippen LogP contribution is 2.18. The standard InChI is InChI=1S/2C12H16N2O6/c2*1-7(11(17)18)4-9(15)13-2-3-14-6-8(12(19)20)5-10(14)16/h4,8H,2-3,5-6H2,1H3,(H,13,15)(H,17,18)(H,19,20);8H,1-6H2,(H,13,15)(H,17,18)(H,19,20)/b7-4+;. The topological polar surface area (TPSA) is 248 Å². The molecule has 2 heterocycles. The van der Waals surface area contributed by atoms with Crippen LogP contribution in [0.1, 0.15) is 26.2 Å². The molecule has 2 fully saturated rings. The zero-order valence-electron chi connectivity index (χ0n) is 21.8. The molecule has 0 aromatic heterocycles. The molecule has 2 saturated heterocycles. The lowest BCUT2D eigenvalue weighted by Crippen LogP contribution is -2.36. The first-order valence-corrected chi connectivity index (χ1v) is 12.0. The summed E-state index contributed by atoms with van der Waals surface area (Å²) in [5.41, 5.74) is -0.309. The summed E-state index contributed by atoms with van der Waals surface area (Å²) in [6.07, 6.45) is 0.579. The number of aliphatic carboxylic acids is 4. The average molecular weight is 569 g/mol. The van der Waals surface area contributed by atoms with E-state index in [2.05, 4.69) is 17.2 Å². The largest absolute Gasteiger partial charge is 0.481 e. The van der Waals surface area contributed by atoms with Crippen LogP contribution in [0.2, 0.25) is 0 Å². The molecule has 2 unspecified atom stereocenters. The van der Waals surface area contributed by atoms with Crippen molar-refractivity contribution in [1.82, 2.24) is 20.4 Å². The predicted molar refractivity (Wildman–Crippen MR) is 133 cm³/mol. The van der Waals surface area contributed by atoms with Crippen LogP contribution in [0, 0.1) is 11.8 Å². The second-order valence-electron chi connectivity index (χ2n) is 9.02. The highest BCUT2D eigenvalue weighted by Gasteiger charge is 2.34. The molecule has 6 N–H and O–H groups in total. The summed E-state index contributed by atoms with van der Waals surface area (Å²) in [5.74, 6) is -7.43. The number of amides is 4. The van der Waals surface area contributed by atoms with Gasteiger partial charge in [0, 0.05) is 69.3 Å². The number of nitrogens with one attached hydrogen (secondary N) is 2. The number of hydrogen-bond donors (Lipinski definition) is 6. The molecule has 0 bridgehead atoms. The minimum absolute atomic E-state index is 0.0265. The smallest absolute Gasteiger partial charge is 0.331 e. The molecule has 220 valence electrons. The molecular weight excluding hydrogens is 536 g/mol. The average Bonchev–Trinajstić information content (AvgIpc) is 3.41. The number of carbonyl (C=O) groups is 8. The number of carboxylic acids is 4. The van der Waals surface area contributed by atoms with Crippen LogP contribution in [-0.2, 0) is 38.4 Å². The maximum atomic E-state index is 11.5. The van der Waals surface area contributed by atoms with E-state index in [1.807, 2.05) is 0 Å². The maximum Gasteiger partial charge on any atom is 0.331 e. The van der Waals surface area contributed by atoms with Crippen LogP contribution in [0.25, 0.3) is 0 Å². The SMILES string of the molecule is C/C(=C\C(=O)NCCN1CC(C(=O)O)CC1=O)C(=O)O.C=C(CC(=O)NCCN1CC(C(=O)O)CC1=O)C(=O)O. The van der Waals surface area contributed by atoms with Gasteiger partial charge in [0.25, 0.3) is 0 Å². The molecule has 0 radical (unpaired) electrons. The summed E-state index contributed by atoms with van der Waals surface area (Å²) >= 11 is 0. The lowest BCUT2D eigenvalue weighted by atomic mass is 10.1. The van der Waals surface area contributed by atoms with Gasteiger partial charge in [-0.3, -0.25) is 28.8 Å². The monoisotopic (exact) mass is 568 g/mol. The molecule has 0 aromatic rings. The third-order valence-corrected chi connectivity index (χ3v) is 5.87. The van der Waals surface area contributed by atoms with Crippen molar-refractivity contribution in [3.8, 4) is 0 Å². The number of hydrogen-bond acceptors (Lipinski definition) is 8. The number of likely N-dealkylation sites (tertiary alicyclic amines) is 2. The minimum Gasteiger partial charge on any atom is -0.481 e. The minimum atomic E-state index is -1.24. The normalized spacial score (nSPS) is 18.5. The van der Waals surface area contributed by atoms with Gasteiger partial charge in [0.1, 0.15) is 0 Å². The number of carbonyl (C=O) groups excluding carboxylic acids is 4. The molecule has 0 aromatic carbocycles. The second kappa shape index (κ2) is 15.6. The molecule has 4 amide bonds. The fourth-order valence-corrected chi connectivity index (χ4v) is 3.59. The molecule has 0 aliphatic carbocycles. The fraction of sp³-hybridized carbons (Fsp3) is 0.500. The van der Waals surface area contributed by atoms with Gasteiger partial charge in [-0.25, -0.2) is 9.59 Å². The summed E-state index contributed by atoms with van der Waals surface area (Å²) in [4.78, 5) is 90.9. The van der Waals surface area contributed by atoms with Crippen molar-refractivity contribution in [2.45, 2.75) is 26.2 Å². The van der Waals surface area contributed by atoms with E-state index in [0.717, 1.165) is 6.08 Å². The first-order chi connectivity index (χ1) is 18.6. The van der Waals surface area contributed by atoms with Gasteiger partial charge in [-0.2, -0.15) is 0 Å². The van der Waals surface area contributed by atoms with Crippen molar-refractivity contribution >= 4 is 47.5 Å². The lowest BCUT2D eigenvalue weighted by Gasteiger charge is -2.16. The molecule has 16 nitrogen and oxygen atoms in total. The van der Waals surface area contributed by atoms with Gasteiger partial charge in [-0.1, -0.05) is 6.58 Å². The highest BCUT2D eigenvalue weighted by molar-refractivity contribution is 5.97. The van der Waals surface area contributed by atoms with Crippen LogP contribution in [0.5, 0.6) is 0 Å². The van der Waals surface area contributed by atoms with Gasteiger partial charge in [-0.15, -0.1) is 0 Å². The van der Waals surface area contributed by atoms with Crippen molar-refractivity contribution in [3.63, 3.8) is 0 Å². The highest BCUT2D eigenvalue weighted by atomic mass is 16.4. The van der Waals surface area contributed by atoms with Crippen LogP contribution in [0.4, 0.5) is 0 Å². The first-order valence-electron chi connectivity index (χ1n) is 12.0. The maximum absolute atomic E-state index is 11.5. The van der Waals surface area contributed by atoms with E-state index in [9.17, 15) is 38.4 Å². The third kappa shape index (κ3) is 11.3. The van der Waals surface area contributed by atoms with Crippen LogP contribution >= 0.6 is 0 Å². The molecule has 16 heteroatoms. The Labute approximate surface area is 228 Å². The molecule has 0 spiro atoms. The quantitative estimate of drug-likeness (QED) is 0.134. The predicted octanol–water partition coefficient (Wildman–Crippen LogP) is -1.87. The van der Waals surface area contributed by atoms with E-state index in [1.165, 1.54) is 16.7 Å². The van der Waals surface area contributed by atoms with Crippen LogP contribution in [-0.4, -0.2) is 117 Å². The number of rotatable bonds is 13. The van der Waals surface area contributed by atoms with Gasteiger partial charge < -0.3 is 40.9 Å². The first kappa shape index (κ1) is 33.3. The van der Waals surface area contributed by atoms with Crippen molar-refractivity contribution < 1.29 is 58.8 Å². The summed E-state index contributed by atoms with van der Waals surface area (Å²) in [6, 6.07) is 0. The Bertz CT molecular complexity index is 1100. The van der Waals surface area contributed by atoms with Crippen LogP contribution in [0.15, 0.2) is 23.8 Å². The van der Waals surface area contributed by atoms with Gasteiger partial charge in [-0.05, 0) is 6.92 Å². The Morgan fingerprint density at radius 2 is 1.27 bits per heavy atom. The Morgan fingerprint density at radius 1 is 0.825 bits per heavy atom. The summed E-state index contributed by atoms with van der Waals surface area (Å²) in [7, 11) is 0. The van der Waals surface area contributed by atoms with E-state index in [4.69, 9.17) is 20.4 Å². The number of carboxylic acid groups (broad SMARTS) is 4. The van der Waals surface area contributed by atoms with Crippen LogP contribution in [0.3, 0.4) is 0 Å². The molecule has 2 aliphatic heterocycles. The van der Waals surface area contributed by atoms with E-state index in [0.29, 0.717) is 0 Å². The third-order valence-electron chi connectivity index (χ3n) is 5.87. The van der Waals surface area contributed by atoms with E-state index < -0.39 is 47.5 Å². The van der Waals surface area contributed by atoms with E-state index >= 15 is 0 Å². The summed E-state index contributed by atoms with van der Waals surface area (Å²) < 4.78 is 0. The Balaban J connectivity index is 0.000000400. The molecule has 2 atom stereocenters. The van der Waals surface area contributed by atoms with Gasteiger partial charge in [0.15, 0.2) is 0 Å². The Morgan fingerprint density at radius 3 is 1.65 bits per heavy atom. The molecule has 2 rings (SSSR count). The zero-order valence-corrected chi connectivity index (χ0v) is 21.8. The van der Waals surface area contributed by atoms with Crippen molar-refractivity contribution in [1.29, 1.82) is 0 Å². The molecule has 40 heavy (non-hydrogen) atoms. The summed E-state index contributed by atoms with van der Waals surface area (Å²) in [6.45, 7) is 5.48. The van der Waals surface area contributed by atoms with Crippen molar-refractivity contribution in [2.24, 2.45) is 11.8 Å². The van der Waals surface area contributed by atoms with Gasteiger partial charge in [0.05, 0.1) is 18.3 Å². The Hall–Kier alpha value is -4.76. The Kier molecular flexibility index (Phi) is 13.0. The van der Waals surface area contributed by atoms with Crippen molar-refractivity contribution in [3.05, 3.63) is 23.8 Å². The van der Waals surface area contributed by atoms with E-state index in [-0.39, 0.29) is 81.5 Å². The van der Waals surface area contributed by atoms with Gasteiger partial charge >= 0.3 is 23.9 Å². The van der Waals surface area contributed by atoms with Crippen LogP contribution < -0.4 is 10.6 Å². The number of nitrogens with zero attached hydrogens (tertiary/aromatic N) is 2. The lowest BCUT2D eigenvalue weighted by molar-refractivity contribution is -0.142. The molecule has 0 saturated carbocycles. The molecular formula is C24H32N4O12. The summed E-state index contributed by atoms with van der Waals surface area (Å²) in [5, 5.41) is 39.6. The second-order valence-corrected chi connectivity index (χ2v) is 9.02. The van der Waals surface area contributed by atoms with E-state index in [1.54, 1.807) is 0 Å². The molecule has 2 aliphatic rings. The van der Waals surface area contributed by atoms with Crippen molar-refractivity contribution in [2.75, 3.05) is 39.3 Å². The van der Waals surface area contributed by atoms with Gasteiger partial charge in [0.2, 0.25) is 23.6 Å².